The van der Waals surface area contributed by atoms with E-state index in [1.54, 1.807) is 0 Å². The van der Waals surface area contributed by atoms with Crippen LogP contribution in [0.2, 0.25) is 0 Å². The number of aromatic amines is 2. The molecule has 8 bridgehead atoms. The maximum Gasteiger partial charge on any atom is 0.413 e. The minimum Gasteiger partial charge on any atom is -0.452 e. The molecule has 8 nitrogen and oxygen atoms in total. The van der Waals surface area contributed by atoms with Gasteiger partial charge in [0, 0.05) is 44.3 Å². The van der Waals surface area contributed by atoms with Crippen LogP contribution in [-0.2, 0) is 16.1 Å². The minimum atomic E-state index is -0.725. The molecule has 0 spiro atoms. The van der Waals surface area contributed by atoms with Gasteiger partial charge in [-0.25, -0.2) is 14.8 Å². The molecule has 0 radical (unpaired) electrons. The topological polar surface area (TPSA) is 120 Å². The minimum absolute atomic E-state index is 0.0346. The zero-order valence-corrected chi connectivity index (χ0v) is 29.5. The lowest BCUT2D eigenvalue weighted by molar-refractivity contribution is -0.140. The van der Waals surface area contributed by atoms with E-state index in [1.807, 2.05) is 66.7 Å². The van der Waals surface area contributed by atoms with Crippen molar-refractivity contribution in [1.29, 1.82) is 0 Å². The van der Waals surface area contributed by atoms with Crippen molar-refractivity contribution in [2.75, 3.05) is 0 Å². The van der Waals surface area contributed by atoms with Gasteiger partial charge in [0.15, 0.2) is 0 Å². The van der Waals surface area contributed by atoms with E-state index in [-0.39, 0.29) is 6.61 Å². The molecule has 2 N–H and O–H groups in total. The monoisotopic (exact) mass is 712 g/mol. The van der Waals surface area contributed by atoms with Crippen molar-refractivity contribution in [2.45, 2.75) is 6.61 Å². The molecule has 0 saturated heterocycles. The van der Waals surface area contributed by atoms with E-state index in [9.17, 15) is 4.79 Å². The van der Waals surface area contributed by atoms with Crippen molar-refractivity contribution in [1.82, 2.24) is 19.9 Å². The number of rotatable bonds is 7. The molecule has 0 unspecified atom stereocenters. The summed E-state index contributed by atoms with van der Waals surface area (Å²) in [4.78, 5) is 32.8. The van der Waals surface area contributed by atoms with E-state index in [2.05, 4.69) is 112 Å². The Morgan fingerprint density at radius 3 is 1.20 bits per heavy atom. The Balaban J connectivity index is 1.37. The second-order valence-electron chi connectivity index (χ2n) is 13.1. The lowest BCUT2D eigenvalue weighted by atomic mass is 10.0. The van der Waals surface area contributed by atoms with Gasteiger partial charge >= 0.3 is 12.2 Å². The number of hydrogen-bond acceptors (Lipinski definition) is 4. The summed E-state index contributed by atoms with van der Waals surface area (Å²) in [5.41, 5.74) is 24.4. The number of aromatic nitrogens is 4. The highest BCUT2D eigenvalue weighted by molar-refractivity contribution is 6.20. The number of benzene rings is 4. The first-order valence-corrected chi connectivity index (χ1v) is 17.9. The van der Waals surface area contributed by atoms with Crippen molar-refractivity contribution in [3.05, 3.63) is 173 Å². The van der Waals surface area contributed by atoms with E-state index in [4.69, 9.17) is 20.2 Å². The standard InChI is InChI=1S/C47H32N6O2/c48-49-28-43(54)55-29-30-16-18-34(19-17-30)47-41-26-24-39(52-41)45(32-12-6-2-7-13-32)37-22-20-35(50-37)44(31-10-4-1-5-11-31)36-21-23-38(51-36)46(33-14-8-3-9-15-33)40-25-27-42(47)53-40/h1-28,50,53H,29H2. The molecule has 8 heteroatoms. The van der Waals surface area contributed by atoms with E-state index >= 15 is 0 Å². The maximum absolute atomic E-state index is 11.8. The van der Waals surface area contributed by atoms with Gasteiger partial charge in [-0.3, -0.25) is 0 Å². The molecular formula is C47H32N6O2. The van der Waals surface area contributed by atoms with Gasteiger partial charge in [-0.05, 0) is 76.4 Å². The van der Waals surface area contributed by atoms with Crippen LogP contribution in [-0.4, -0.2) is 36.9 Å². The quantitative estimate of drug-likeness (QED) is 0.0739. The van der Waals surface area contributed by atoms with E-state index in [1.165, 1.54) is 0 Å². The van der Waals surface area contributed by atoms with Crippen molar-refractivity contribution in [2.24, 2.45) is 0 Å². The fraction of sp³-hybridized carbons (Fsp3) is 0.0213. The van der Waals surface area contributed by atoms with Crippen LogP contribution >= 0.6 is 0 Å². The average molecular weight is 713 g/mol. The number of fused-ring (bicyclic) bond motifs is 8. The largest absolute Gasteiger partial charge is 0.452 e. The van der Waals surface area contributed by atoms with Crippen LogP contribution in [0.3, 0.4) is 0 Å². The molecule has 9 rings (SSSR count). The molecule has 262 valence electrons. The van der Waals surface area contributed by atoms with Gasteiger partial charge in [0.2, 0.25) is 0 Å². The zero-order valence-electron chi connectivity index (χ0n) is 29.5. The number of carbonyl (C=O) groups excluding carboxylic acids is 1. The third-order valence-corrected chi connectivity index (χ3v) is 9.73. The van der Waals surface area contributed by atoms with Crippen LogP contribution in [0.5, 0.6) is 0 Å². The number of esters is 1. The molecule has 55 heavy (non-hydrogen) atoms. The fourth-order valence-corrected chi connectivity index (χ4v) is 7.24. The van der Waals surface area contributed by atoms with Crippen molar-refractivity contribution in [3.63, 3.8) is 0 Å². The summed E-state index contributed by atoms with van der Waals surface area (Å²) in [5.74, 6) is -0.725. The van der Waals surface area contributed by atoms with Crippen molar-refractivity contribution in [3.8, 4) is 44.5 Å². The molecule has 0 aliphatic carbocycles. The van der Waals surface area contributed by atoms with Gasteiger partial charge in [0.25, 0.3) is 0 Å². The van der Waals surface area contributed by atoms with Crippen LogP contribution in [0.4, 0.5) is 0 Å². The third-order valence-electron chi connectivity index (χ3n) is 9.73. The Kier molecular flexibility index (Phi) is 8.68. The van der Waals surface area contributed by atoms with Gasteiger partial charge in [-0.1, -0.05) is 115 Å². The highest BCUT2D eigenvalue weighted by Gasteiger charge is 2.19. The predicted molar refractivity (Wildman–Crippen MR) is 220 cm³/mol. The third kappa shape index (κ3) is 6.50. The second-order valence-corrected chi connectivity index (χ2v) is 13.1. The summed E-state index contributed by atoms with van der Waals surface area (Å²) in [6.45, 7) is 0.0346. The Morgan fingerprint density at radius 2 is 0.855 bits per heavy atom. The Bertz CT molecular complexity index is 2830. The molecule has 0 fully saturated rings. The Hall–Kier alpha value is -7.67. The molecule has 0 amide bonds. The van der Waals surface area contributed by atoms with Crippen molar-refractivity contribution >= 4 is 58.6 Å². The maximum atomic E-state index is 11.8. The smallest absolute Gasteiger partial charge is 0.413 e. The van der Waals surface area contributed by atoms with Gasteiger partial charge in [-0.15, -0.1) is 0 Å². The van der Waals surface area contributed by atoms with Gasteiger partial charge in [-0.2, -0.15) is 4.79 Å². The van der Waals surface area contributed by atoms with Gasteiger partial charge in [0.05, 0.1) is 22.8 Å². The summed E-state index contributed by atoms with van der Waals surface area (Å²) in [7, 11) is 0. The normalized spacial score (nSPS) is 11.6. The summed E-state index contributed by atoms with van der Waals surface area (Å²) >= 11 is 0. The first kappa shape index (κ1) is 33.2. The molecule has 0 saturated carbocycles. The summed E-state index contributed by atoms with van der Waals surface area (Å²) in [6.07, 6.45) is 9.06. The van der Waals surface area contributed by atoms with Crippen LogP contribution in [0.1, 0.15) is 28.3 Å². The van der Waals surface area contributed by atoms with E-state index in [0.29, 0.717) is 0 Å². The predicted octanol–water partition coefficient (Wildman–Crippen LogP) is 10.7. The van der Waals surface area contributed by atoms with Crippen molar-refractivity contribution < 1.29 is 14.3 Å². The second kappa shape index (κ2) is 14.4. The zero-order chi connectivity index (χ0) is 37.1. The number of H-pyrrole nitrogens is 2. The summed E-state index contributed by atoms with van der Waals surface area (Å²) in [5, 5.41) is 0. The summed E-state index contributed by atoms with van der Waals surface area (Å²) < 4.78 is 5.21. The van der Waals surface area contributed by atoms with Crippen LogP contribution in [0.25, 0.3) is 96.4 Å². The lowest BCUT2D eigenvalue weighted by Gasteiger charge is -2.07. The SMILES string of the molecule is [N-]=[N+]=CC(=O)OCc1ccc(-c2c3nc(c(-c4ccccc4)c4ccc([nH]4)c(-c4ccccc4)c4nc(c(-c5ccccc5)c5ccc2[nH]5)C=C4)C=C3)cc1. The van der Waals surface area contributed by atoms with Gasteiger partial charge < -0.3 is 20.2 Å². The van der Waals surface area contributed by atoms with Gasteiger partial charge in [0.1, 0.15) is 6.61 Å². The molecule has 4 aromatic carbocycles. The molecule has 3 aromatic heterocycles. The fourth-order valence-electron chi connectivity index (χ4n) is 7.24. The molecular weight excluding hydrogens is 681 g/mol. The summed E-state index contributed by atoms with van der Waals surface area (Å²) in [6, 6.07) is 47.3. The number of carbonyl (C=O) groups is 1. The number of nitrogens with one attached hydrogen (secondary N) is 2. The van der Waals surface area contributed by atoms with Crippen LogP contribution in [0.15, 0.2) is 140 Å². The molecule has 2 aliphatic rings. The van der Waals surface area contributed by atoms with Crippen LogP contribution < -0.4 is 0 Å². The first-order valence-electron chi connectivity index (χ1n) is 17.9. The first-order chi connectivity index (χ1) is 27.1. The average Bonchev–Trinajstić information content (AvgIpc) is 4.07. The number of ether oxygens (including phenoxy) is 1. The molecule has 2 aliphatic heterocycles. The lowest BCUT2D eigenvalue weighted by Crippen LogP contribution is -2.05. The highest BCUT2D eigenvalue weighted by Crippen LogP contribution is 2.38. The molecule has 0 atom stereocenters. The Labute approximate surface area is 316 Å². The Morgan fingerprint density at radius 1 is 0.509 bits per heavy atom. The molecule has 7 aromatic rings. The highest BCUT2D eigenvalue weighted by atomic mass is 16.5. The van der Waals surface area contributed by atoms with E-state index in [0.717, 1.165) is 101 Å². The van der Waals surface area contributed by atoms with E-state index < -0.39 is 5.97 Å². The number of nitrogens with zero attached hydrogens (tertiary/aromatic N) is 4. The van der Waals surface area contributed by atoms with Crippen LogP contribution in [0, 0.1) is 0 Å². The molecule has 5 heterocycles. The number of hydrogen-bond donors (Lipinski definition) is 2.